The molecular weight excluding hydrogens is 304 g/mol. The highest BCUT2D eigenvalue weighted by Crippen LogP contribution is 2.31. The van der Waals surface area contributed by atoms with E-state index in [1.165, 1.54) is 0 Å². The number of carbonyl (C=O) groups is 1. The quantitative estimate of drug-likeness (QED) is 0.848. The van der Waals surface area contributed by atoms with Crippen molar-refractivity contribution in [2.75, 3.05) is 26.9 Å². The molecule has 1 aliphatic carbocycles. The Hall–Kier alpha value is -2.14. The minimum atomic E-state index is 0.00783. The Balaban J connectivity index is 1.65. The maximum absolute atomic E-state index is 13.1. The summed E-state index contributed by atoms with van der Waals surface area (Å²) in [6, 6.07) is 10.1. The molecule has 24 heavy (non-hydrogen) atoms. The zero-order valence-corrected chi connectivity index (χ0v) is 13.9. The molecule has 1 saturated carbocycles. The summed E-state index contributed by atoms with van der Waals surface area (Å²) in [6.07, 6.45) is 3.21. The zero-order chi connectivity index (χ0) is 16.5. The molecule has 1 aromatic heterocycles. The van der Waals surface area contributed by atoms with Crippen LogP contribution in [0.1, 0.15) is 29.8 Å². The Kier molecular flexibility index (Phi) is 4.10. The molecule has 1 atom stereocenters. The molecule has 0 bridgehead atoms. The maximum Gasteiger partial charge on any atom is 0.272 e. The first-order valence-electron chi connectivity index (χ1n) is 8.59. The van der Waals surface area contributed by atoms with Crippen LogP contribution in [-0.2, 0) is 4.74 Å². The predicted molar refractivity (Wildman–Crippen MR) is 91.3 cm³/mol. The van der Waals surface area contributed by atoms with E-state index in [1.54, 1.807) is 7.11 Å². The summed E-state index contributed by atoms with van der Waals surface area (Å²) in [7, 11) is 1.59. The van der Waals surface area contributed by atoms with E-state index >= 15 is 0 Å². The number of ether oxygens (including phenoxy) is 2. The SMILES string of the molecule is COc1nc(C(=O)N(C[C@H]2CCOC2)C2CC2)cc2ccccc12. The second kappa shape index (κ2) is 6.40. The number of methoxy groups -OCH3 is 1. The summed E-state index contributed by atoms with van der Waals surface area (Å²) in [4.78, 5) is 19.6. The van der Waals surface area contributed by atoms with Crippen molar-refractivity contribution in [1.82, 2.24) is 9.88 Å². The normalized spacial score (nSPS) is 20.3. The van der Waals surface area contributed by atoms with Gasteiger partial charge in [0.05, 0.1) is 13.7 Å². The summed E-state index contributed by atoms with van der Waals surface area (Å²) in [5, 5.41) is 1.91. The van der Waals surface area contributed by atoms with E-state index in [2.05, 4.69) is 4.98 Å². The van der Waals surface area contributed by atoms with Gasteiger partial charge in [-0.25, -0.2) is 4.98 Å². The third kappa shape index (κ3) is 2.96. The second-order valence-corrected chi connectivity index (χ2v) is 6.66. The van der Waals surface area contributed by atoms with Gasteiger partial charge in [-0.2, -0.15) is 0 Å². The van der Waals surface area contributed by atoms with Gasteiger partial charge in [0.1, 0.15) is 5.69 Å². The number of pyridine rings is 1. The molecule has 5 heteroatoms. The summed E-state index contributed by atoms with van der Waals surface area (Å²) in [5.74, 6) is 0.960. The van der Waals surface area contributed by atoms with Gasteiger partial charge in [0.15, 0.2) is 0 Å². The highest BCUT2D eigenvalue weighted by atomic mass is 16.5. The van der Waals surface area contributed by atoms with Crippen LogP contribution in [0.3, 0.4) is 0 Å². The van der Waals surface area contributed by atoms with Crippen molar-refractivity contribution in [3.05, 3.63) is 36.0 Å². The van der Waals surface area contributed by atoms with Gasteiger partial charge in [-0.3, -0.25) is 4.79 Å². The molecule has 0 N–H and O–H groups in total. The minimum absolute atomic E-state index is 0.00783. The maximum atomic E-state index is 13.1. The van der Waals surface area contributed by atoms with Crippen LogP contribution >= 0.6 is 0 Å². The van der Waals surface area contributed by atoms with Gasteiger partial charge < -0.3 is 14.4 Å². The third-order valence-electron chi connectivity index (χ3n) is 4.85. The Morgan fingerprint density at radius 3 is 2.88 bits per heavy atom. The lowest BCUT2D eigenvalue weighted by molar-refractivity contribution is 0.0699. The first-order valence-corrected chi connectivity index (χ1v) is 8.59. The number of fused-ring (bicyclic) bond motifs is 1. The number of rotatable bonds is 5. The lowest BCUT2D eigenvalue weighted by Gasteiger charge is -2.25. The van der Waals surface area contributed by atoms with Gasteiger partial charge in [-0.05, 0) is 36.8 Å². The van der Waals surface area contributed by atoms with Crippen molar-refractivity contribution in [2.24, 2.45) is 5.92 Å². The van der Waals surface area contributed by atoms with E-state index in [0.29, 0.717) is 23.5 Å². The van der Waals surface area contributed by atoms with Gasteiger partial charge in [-0.15, -0.1) is 0 Å². The van der Waals surface area contributed by atoms with Crippen LogP contribution in [-0.4, -0.2) is 48.7 Å². The van der Waals surface area contributed by atoms with Crippen molar-refractivity contribution in [3.63, 3.8) is 0 Å². The Bertz CT molecular complexity index is 751. The summed E-state index contributed by atoms with van der Waals surface area (Å²) >= 11 is 0. The average molecular weight is 326 g/mol. The van der Waals surface area contributed by atoms with E-state index in [0.717, 1.165) is 49.8 Å². The van der Waals surface area contributed by atoms with Crippen molar-refractivity contribution in [2.45, 2.75) is 25.3 Å². The molecule has 2 aromatic rings. The molecular formula is C19H22N2O3. The molecule has 2 fully saturated rings. The van der Waals surface area contributed by atoms with Crippen molar-refractivity contribution in [3.8, 4) is 5.88 Å². The van der Waals surface area contributed by atoms with Crippen molar-refractivity contribution < 1.29 is 14.3 Å². The molecule has 2 heterocycles. The van der Waals surface area contributed by atoms with Crippen molar-refractivity contribution >= 4 is 16.7 Å². The average Bonchev–Trinajstić information content (AvgIpc) is 3.34. The molecule has 1 amide bonds. The van der Waals surface area contributed by atoms with Crippen LogP contribution in [0.25, 0.3) is 10.8 Å². The highest BCUT2D eigenvalue weighted by molar-refractivity contribution is 5.98. The molecule has 0 spiro atoms. The van der Waals surface area contributed by atoms with E-state index in [-0.39, 0.29) is 5.91 Å². The van der Waals surface area contributed by atoms with Crippen molar-refractivity contribution in [1.29, 1.82) is 0 Å². The van der Waals surface area contributed by atoms with E-state index in [9.17, 15) is 4.79 Å². The Morgan fingerprint density at radius 1 is 1.33 bits per heavy atom. The first kappa shape index (κ1) is 15.4. The molecule has 0 radical (unpaired) electrons. The lowest BCUT2D eigenvalue weighted by Crippen LogP contribution is -2.38. The van der Waals surface area contributed by atoms with E-state index < -0.39 is 0 Å². The number of amides is 1. The molecule has 2 aliphatic rings. The Morgan fingerprint density at radius 2 is 2.17 bits per heavy atom. The topological polar surface area (TPSA) is 51.7 Å². The molecule has 1 aromatic carbocycles. The van der Waals surface area contributed by atoms with E-state index in [1.807, 2.05) is 35.2 Å². The molecule has 1 aliphatic heterocycles. The van der Waals surface area contributed by atoms with E-state index in [4.69, 9.17) is 9.47 Å². The number of benzene rings is 1. The fraction of sp³-hybridized carbons (Fsp3) is 0.474. The van der Waals surface area contributed by atoms with Crippen LogP contribution < -0.4 is 4.74 Å². The summed E-state index contributed by atoms with van der Waals surface area (Å²) < 4.78 is 10.9. The Labute approximate surface area is 141 Å². The smallest absolute Gasteiger partial charge is 0.272 e. The second-order valence-electron chi connectivity index (χ2n) is 6.66. The molecule has 4 rings (SSSR count). The molecule has 5 nitrogen and oxygen atoms in total. The fourth-order valence-corrected chi connectivity index (χ4v) is 3.37. The number of carbonyl (C=O) groups excluding carboxylic acids is 1. The van der Waals surface area contributed by atoms with Gasteiger partial charge in [0.25, 0.3) is 5.91 Å². The number of hydrogen-bond donors (Lipinski definition) is 0. The van der Waals surface area contributed by atoms with Crippen LogP contribution in [0.4, 0.5) is 0 Å². The summed E-state index contributed by atoms with van der Waals surface area (Å²) in [6.45, 7) is 2.32. The van der Waals surface area contributed by atoms with Gasteiger partial charge in [-0.1, -0.05) is 18.2 Å². The van der Waals surface area contributed by atoms with Crippen LogP contribution in [0, 0.1) is 5.92 Å². The van der Waals surface area contributed by atoms with Gasteiger partial charge >= 0.3 is 0 Å². The first-order chi connectivity index (χ1) is 11.8. The largest absolute Gasteiger partial charge is 0.481 e. The number of nitrogens with zero attached hydrogens (tertiary/aromatic N) is 2. The fourth-order valence-electron chi connectivity index (χ4n) is 3.37. The van der Waals surface area contributed by atoms with Gasteiger partial charge in [0.2, 0.25) is 5.88 Å². The summed E-state index contributed by atoms with van der Waals surface area (Å²) in [5.41, 5.74) is 0.469. The number of hydrogen-bond acceptors (Lipinski definition) is 4. The monoisotopic (exact) mass is 326 g/mol. The zero-order valence-electron chi connectivity index (χ0n) is 13.9. The van der Waals surface area contributed by atoms with Crippen LogP contribution in [0.15, 0.2) is 30.3 Å². The van der Waals surface area contributed by atoms with Crippen LogP contribution in [0.5, 0.6) is 5.88 Å². The van der Waals surface area contributed by atoms with Gasteiger partial charge in [0, 0.05) is 30.5 Å². The third-order valence-corrected chi connectivity index (χ3v) is 4.85. The lowest BCUT2D eigenvalue weighted by atomic mass is 10.1. The molecule has 0 unspecified atom stereocenters. The predicted octanol–water partition coefficient (Wildman–Crippen LogP) is 2.88. The minimum Gasteiger partial charge on any atom is -0.481 e. The standard InChI is InChI=1S/C19H22N2O3/c1-23-18-16-5-3-2-4-14(16)10-17(20-18)19(22)21(15-6-7-15)11-13-8-9-24-12-13/h2-5,10,13,15H,6-9,11-12H2,1H3/t13-/m1/s1. The molecule has 126 valence electrons. The highest BCUT2D eigenvalue weighted by Gasteiger charge is 2.36. The van der Waals surface area contributed by atoms with Crippen LogP contribution in [0.2, 0.25) is 0 Å². The molecule has 1 saturated heterocycles. The number of aromatic nitrogens is 1.